The van der Waals surface area contributed by atoms with E-state index in [4.69, 9.17) is 17.3 Å². The highest BCUT2D eigenvalue weighted by molar-refractivity contribution is 6.33. The number of benzene rings is 2. The number of nitrogens with two attached hydrogens (primary N) is 1. The lowest BCUT2D eigenvalue weighted by atomic mass is 9.95. The number of likely N-dealkylation sites (tertiary alicyclic amines) is 1. The lowest BCUT2D eigenvalue weighted by Gasteiger charge is -2.16. The topological polar surface area (TPSA) is 58.4 Å². The van der Waals surface area contributed by atoms with Crippen molar-refractivity contribution in [2.45, 2.75) is 18.4 Å². The number of nitrogens with one attached hydrogen (secondary N) is 1. The van der Waals surface area contributed by atoms with Gasteiger partial charge in [-0.05, 0) is 17.7 Å². The lowest BCUT2D eigenvalue weighted by molar-refractivity contribution is -0.116. The van der Waals surface area contributed by atoms with E-state index < -0.39 is 0 Å². The molecule has 0 bridgehead atoms. The van der Waals surface area contributed by atoms with Gasteiger partial charge in [-0.1, -0.05) is 54.1 Å². The number of nitrogens with zero attached hydrogens (tertiary/aromatic N) is 1. The second-order valence-electron chi connectivity index (χ2n) is 6.22. The van der Waals surface area contributed by atoms with Crippen LogP contribution in [-0.2, 0) is 4.79 Å². The van der Waals surface area contributed by atoms with E-state index in [1.165, 1.54) is 5.56 Å². The Bertz CT molecular complexity index is 692. The van der Waals surface area contributed by atoms with Gasteiger partial charge < -0.3 is 16.0 Å². The highest BCUT2D eigenvalue weighted by Gasteiger charge is 2.31. The predicted molar refractivity (Wildman–Crippen MR) is 98.3 cm³/mol. The molecule has 1 saturated heterocycles. The fourth-order valence-corrected chi connectivity index (χ4v) is 3.37. The van der Waals surface area contributed by atoms with Gasteiger partial charge in [-0.3, -0.25) is 4.79 Å². The van der Waals surface area contributed by atoms with E-state index in [-0.39, 0.29) is 11.9 Å². The van der Waals surface area contributed by atoms with Crippen molar-refractivity contribution in [1.82, 2.24) is 4.90 Å². The summed E-state index contributed by atoms with van der Waals surface area (Å²) in [6, 6.07) is 17.7. The molecule has 0 aliphatic carbocycles. The van der Waals surface area contributed by atoms with Crippen LogP contribution < -0.4 is 11.1 Å². The van der Waals surface area contributed by atoms with Crippen molar-refractivity contribution in [3.63, 3.8) is 0 Å². The molecule has 1 amide bonds. The van der Waals surface area contributed by atoms with Crippen molar-refractivity contribution in [2.24, 2.45) is 5.73 Å². The molecular weight excluding hydrogens is 322 g/mol. The van der Waals surface area contributed by atoms with Gasteiger partial charge >= 0.3 is 0 Å². The van der Waals surface area contributed by atoms with Crippen LogP contribution in [0.2, 0.25) is 5.02 Å². The van der Waals surface area contributed by atoms with Crippen LogP contribution in [0.4, 0.5) is 5.69 Å². The molecule has 1 aliphatic rings. The molecule has 0 aromatic heterocycles. The Kier molecular flexibility index (Phi) is 5.51. The Morgan fingerprint density at radius 2 is 1.83 bits per heavy atom. The SMILES string of the molecule is N[C@@H]1CN(CCC(=O)Nc2ccccc2Cl)C[C@H]1c1ccccc1. The number of amides is 1. The molecule has 2 aromatic rings. The average Bonchev–Trinajstić information content (AvgIpc) is 2.97. The van der Waals surface area contributed by atoms with Crippen molar-refractivity contribution >= 4 is 23.2 Å². The molecule has 2 atom stereocenters. The van der Waals surface area contributed by atoms with Crippen LogP contribution in [0.25, 0.3) is 0 Å². The van der Waals surface area contributed by atoms with Crippen molar-refractivity contribution in [1.29, 1.82) is 0 Å². The molecule has 2 aromatic carbocycles. The quantitative estimate of drug-likeness (QED) is 0.877. The zero-order chi connectivity index (χ0) is 16.9. The Morgan fingerprint density at radius 1 is 1.12 bits per heavy atom. The first-order chi connectivity index (χ1) is 11.6. The van der Waals surface area contributed by atoms with E-state index >= 15 is 0 Å². The normalized spacial score (nSPS) is 20.9. The summed E-state index contributed by atoms with van der Waals surface area (Å²) in [5.74, 6) is 0.303. The predicted octanol–water partition coefficient (Wildman–Crippen LogP) is 3.10. The van der Waals surface area contributed by atoms with Crippen LogP contribution in [0, 0.1) is 0 Å². The second-order valence-corrected chi connectivity index (χ2v) is 6.63. The smallest absolute Gasteiger partial charge is 0.225 e. The summed E-state index contributed by atoms with van der Waals surface area (Å²) in [5, 5.41) is 3.41. The minimum atomic E-state index is -0.0279. The number of para-hydroxylation sites is 1. The summed E-state index contributed by atoms with van der Waals surface area (Å²) in [7, 11) is 0. The number of carbonyl (C=O) groups is 1. The number of rotatable bonds is 5. The summed E-state index contributed by atoms with van der Waals surface area (Å²) >= 11 is 6.06. The highest BCUT2D eigenvalue weighted by atomic mass is 35.5. The largest absolute Gasteiger partial charge is 0.326 e. The summed E-state index contributed by atoms with van der Waals surface area (Å²) in [5.41, 5.74) is 8.22. The average molecular weight is 344 g/mol. The van der Waals surface area contributed by atoms with E-state index in [2.05, 4.69) is 22.3 Å². The summed E-state index contributed by atoms with van der Waals surface area (Å²) < 4.78 is 0. The van der Waals surface area contributed by atoms with Crippen molar-refractivity contribution < 1.29 is 4.79 Å². The molecule has 24 heavy (non-hydrogen) atoms. The van der Waals surface area contributed by atoms with Gasteiger partial charge in [-0.15, -0.1) is 0 Å². The molecule has 4 nitrogen and oxygen atoms in total. The first-order valence-corrected chi connectivity index (χ1v) is 8.58. The first kappa shape index (κ1) is 17.0. The maximum atomic E-state index is 12.1. The number of carbonyl (C=O) groups excluding carboxylic acids is 1. The second kappa shape index (κ2) is 7.79. The van der Waals surface area contributed by atoms with E-state index in [0.29, 0.717) is 29.6 Å². The van der Waals surface area contributed by atoms with Crippen LogP contribution in [0.1, 0.15) is 17.9 Å². The van der Waals surface area contributed by atoms with Gasteiger partial charge in [0, 0.05) is 38.0 Å². The number of hydrogen-bond acceptors (Lipinski definition) is 3. The Labute approximate surface area is 147 Å². The lowest BCUT2D eigenvalue weighted by Crippen LogP contribution is -2.30. The molecule has 1 aliphatic heterocycles. The molecule has 1 heterocycles. The van der Waals surface area contributed by atoms with Gasteiger partial charge in [0.2, 0.25) is 5.91 Å². The molecule has 0 spiro atoms. The van der Waals surface area contributed by atoms with Crippen molar-refractivity contribution in [2.75, 3.05) is 25.0 Å². The summed E-state index contributed by atoms with van der Waals surface area (Å²) in [6.07, 6.45) is 0.430. The molecule has 126 valence electrons. The molecule has 0 radical (unpaired) electrons. The molecule has 0 saturated carbocycles. The fourth-order valence-electron chi connectivity index (χ4n) is 3.18. The van der Waals surface area contributed by atoms with Crippen LogP contribution in [0.15, 0.2) is 54.6 Å². The zero-order valence-electron chi connectivity index (χ0n) is 13.5. The van der Waals surface area contributed by atoms with Gasteiger partial charge in [0.05, 0.1) is 10.7 Å². The van der Waals surface area contributed by atoms with Crippen LogP contribution >= 0.6 is 11.6 Å². The third-order valence-electron chi connectivity index (χ3n) is 4.47. The third kappa shape index (κ3) is 4.15. The standard InChI is InChI=1S/C19H22ClN3O/c20-16-8-4-5-9-18(16)22-19(24)10-11-23-12-15(17(21)13-23)14-6-2-1-3-7-14/h1-9,15,17H,10-13,21H2,(H,22,24)/t15-,17+/m0/s1. The Morgan fingerprint density at radius 3 is 2.58 bits per heavy atom. The van der Waals surface area contributed by atoms with Crippen LogP contribution in [0.5, 0.6) is 0 Å². The highest BCUT2D eigenvalue weighted by Crippen LogP contribution is 2.26. The Balaban J connectivity index is 1.51. The van der Waals surface area contributed by atoms with Crippen molar-refractivity contribution in [3.05, 3.63) is 65.2 Å². The first-order valence-electron chi connectivity index (χ1n) is 8.21. The van der Waals surface area contributed by atoms with E-state index in [1.54, 1.807) is 12.1 Å². The summed E-state index contributed by atoms with van der Waals surface area (Å²) in [4.78, 5) is 14.4. The molecule has 0 unspecified atom stereocenters. The third-order valence-corrected chi connectivity index (χ3v) is 4.80. The van der Waals surface area contributed by atoms with Gasteiger partial charge in [-0.2, -0.15) is 0 Å². The van der Waals surface area contributed by atoms with E-state index in [9.17, 15) is 4.79 Å². The minimum Gasteiger partial charge on any atom is -0.326 e. The molecule has 1 fully saturated rings. The number of hydrogen-bond donors (Lipinski definition) is 2. The van der Waals surface area contributed by atoms with E-state index in [1.807, 2.05) is 30.3 Å². The number of halogens is 1. The van der Waals surface area contributed by atoms with Gasteiger partial charge in [0.15, 0.2) is 0 Å². The van der Waals surface area contributed by atoms with Crippen LogP contribution in [-0.4, -0.2) is 36.5 Å². The van der Waals surface area contributed by atoms with Crippen LogP contribution in [0.3, 0.4) is 0 Å². The maximum absolute atomic E-state index is 12.1. The maximum Gasteiger partial charge on any atom is 0.225 e. The Hall–Kier alpha value is -1.88. The molecule has 3 N–H and O–H groups in total. The molecule has 5 heteroatoms. The monoisotopic (exact) mass is 343 g/mol. The number of anilines is 1. The fraction of sp³-hybridized carbons (Fsp3) is 0.316. The molecular formula is C19H22ClN3O. The van der Waals surface area contributed by atoms with Gasteiger partial charge in [-0.25, -0.2) is 0 Å². The van der Waals surface area contributed by atoms with Crippen molar-refractivity contribution in [3.8, 4) is 0 Å². The zero-order valence-corrected chi connectivity index (χ0v) is 14.2. The molecule has 3 rings (SSSR count). The van der Waals surface area contributed by atoms with Gasteiger partial charge in [0.25, 0.3) is 0 Å². The van der Waals surface area contributed by atoms with E-state index in [0.717, 1.165) is 13.1 Å². The summed E-state index contributed by atoms with van der Waals surface area (Å²) in [6.45, 7) is 2.41. The van der Waals surface area contributed by atoms with Gasteiger partial charge in [0.1, 0.15) is 0 Å². The minimum absolute atomic E-state index is 0.0279.